The Kier molecular flexibility index (Phi) is 6.59. The monoisotopic (exact) mass is 397 g/mol. The summed E-state index contributed by atoms with van der Waals surface area (Å²) in [6.45, 7) is 2.96. The lowest BCUT2D eigenvalue weighted by Gasteiger charge is -2.18. The molecule has 0 aliphatic carbocycles. The van der Waals surface area contributed by atoms with Gasteiger partial charge >= 0.3 is 0 Å². The molecule has 2 N–H and O–H groups in total. The topological polar surface area (TPSA) is 79.9 Å². The van der Waals surface area contributed by atoms with Crippen molar-refractivity contribution in [2.75, 3.05) is 31.0 Å². The van der Waals surface area contributed by atoms with Gasteiger partial charge in [-0.3, -0.25) is 9.59 Å². The molecule has 2 amide bonds. The van der Waals surface area contributed by atoms with Crippen LogP contribution in [0.4, 0.5) is 11.4 Å². The Bertz CT molecular complexity index is 867. The molecule has 0 spiro atoms. The van der Waals surface area contributed by atoms with Gasteiger partial charge in [-0.2, -0.15) is 0 Å². The molecular formula is C22H27N3O4. The molecule has 0 unspecified atom stereocenters. The highest BCUT2D eigenvalue weighted by Crippen LogP contribution is 2.27. The van der Waals surface area contributed by atoms with Crippen LogP contribution in [0.2, 0.25) is 0 Å². The maximum absolute atomic E-state index is 12.4. The van der Waals surface area contributed by atoms with Crippen molar-refractivity contribution >= 4 is 23.2 Å². The van der Waals surface area contributed by atoms with E-state index in [1.54, 1.807) is 19.1 Å². The molecule has 2 aromatic rings. The predicted octanol–water partition coefficient (Wildman–Crippen LogP) is 2.95. The number of benzene rings is 2. The first-order valence-corrected chi connectivity index (χ1v) is 9.67. The fourth-order valence-electron chi connectivity index (χ4n) is 3.31. The van der Waals surface area contributed by atoms with E-state index in [1.807, 2.05) is 49.4 Å². The molecule has 0 saturated carbocycles. The number of nitrogens with one attached hydrogen (secondary N) is 2. The van der Waals surface area contributed by atoms with Gasteiger partial charge in [0, 0.05) is 30.9 Å². The van der Waals surface area contributed by atoms with Crippen molar-refractivity contribution in [3.8, 4) is 11.5 Å². The lowest BCUT2D eigenvalue weighted by molar-refractivity contribution is -0.121. The van der Waals surface area contributed by atoms with Crippen molar-refractivity contribution in [2.24, 2.45) is 0 Å². The zero-order chi connectivity index (χ0) is 20.8. The van der Waals surface area contributed by atoms with Crippen LogP contribution < -0.4 is 25.0 Å². The average molecular weight is 397 g/mol. The second-order valence-corrected chi connectivity index (χ2v) is 6.97. The maximum Gasteiger partial charge on any atom is 0.242 e. The van der Waals surface area contributed by atoms with Gasteiger partial charge in [-0.15, -0.1) is 0 Å². The van der Waals surface area contributed by atoms with E-state index in [0.717, 1.165) is 29.9 Å². The number of anilines is 2. The van der Waals surface area contributed by atoms with E-state index in [2.05, 4.69) is 10.6 Å². The van der Waals surface area contributed by atoms with E-state index in [-0.39, 0.29) is 11.8 Å². The number of amides is 2. The fourth-order valence-corrected chi connectivity index (χ4v) is 3.31. The Labute approximate surface area is 171 Å². The third-order valence-electron chi connectivity index (χ3n) is 4.94. The Morgan fingerprint density at radius 3 is 2.45 bits per heavy atom. The number of rotatable bonds is 8. The SMILES string of the molecule is COc1ccc(CNC(=O)[C@H](C)Nc2ccc(N3CCCC3=O)cc2)cc1OC. The van der Waals surface area contributed by atoms with Crippen molar-refractivity contribution in [3.05, 3.63) is 48.0 Å². The Hall–Kier alpha value is -3.22. The molecule has 7 heteroatoms. The molecule has 3 rings (SSSR count). The van der Waals surface area contributed by atoms with Gasteiger partial charge < -0.3 is 25.0 Å². The summed E-state index contributed by atoms with van der Waals surface area (Å²) in [4.78, 5) is 26.1. The average Bonchev–Trinajstić information content (AvgIpc) is 3.18. The maximum atomic E-state index is 12.4. The lowest BCUT2D eigenvalue weighted by atomic mass is 10.2. The summed E-state index contributed by atoms with van der Waals surface area (Å²) >= 11 is 0. The first kappa shape index (κ1) is 20.5. The van der Waals surface area contributed by atoms with Gasteiger partial charge in [0.25, 0.3) is 0 Å². The molecule has 29 heavy (non-hydrogen) atoms. The van der Waals surface area contributed by atoms with E-state index in [9.17, 15) is 9.59 Å². The van der Waals surface area contributed by atoms with Crippen molar-refractivity contribution in [3.63, 3.8) is 0 Å². The summed E-state index contributed by atoms with van der Waals surface area (Å²) in [6, 6.07) is 12.7. The first-order chi connectivity index (χ1) is 14.0. The summed E-state index contributed by atoms with van der Waals surface area (Å²) in [6.07, 6.45) is 1.51. The van der Waals surface area contributed by atoms with Crippen LogP contribution in [0.3, 0.4) is 0 Å². The molecule has 7 nitrogen and oxygen atoms in total. The highest BCUT2D eigenvalue weighted by molar-refractivity contribution is 5.95. The minimum Gasteiger partial charge on any atom is -0.493 e. The summed E-state index contributed by atoms with van der Waals surface area (Å²) in [5.74, 6) is 1.32. The Morgan fingerprint density at radius 2 is 1.83 bits per heavy atom. The first-order valence-electron chi connectivity index (χ1n) is 9.67. The molecular weight excluding hydrogens is 370 g/mol. The second kappa shape index (κ2) is 9.32. The molecule has 1 aliphatic rings. The van der Waals surface area contributed by atoms with Crippen LogP contribution in [0.1, 0.15) is 25.3 Å². The minimum atomic E-state index is -0.408. The van der Waals surface area contributed by atoms with Crippen molar-refractivity contribution in [2.45, 2.75) is 32.4 Å². The number of nitrogens with zero attached hydrogens (tertiary/aromatic N) is 1. The molecule has 154 valence electrons. The third kappa shape index (κ3) is 4.99. The number of methoxy groups -OCH3 is 2. The van der Waals surface area contributed by atoms with Gasteiger partial charge in [0.1, 0.15) is 6.04 Å². The highest BCUT2D eigenvalue weighted by atomic mass is 16.5. The van der Waals surface area contributed by atoms with Crippen molar-refractivity contribution in [1.29, 1.82) is 0 Å². The number of hydrogen-bond acceptors (Lipinski definition) is 5. The molecule has 1 aliphatic heterocycles. The van der Waals surface area contributed by atoms with Gasteiger partial charge in [-0.05, 0) is 55.3 Å². The molecule has 0 radical (unpaired) electrons. The van der Waals surface area contributed by atoms with Crippen LogP contribution in [0.15, 0.2) is 42.5 Å². The summed E-state index contributed by atoms with van der Waals surface area (Å²) in [7, 11) is 3.17. The molecule has 2 aromatic carbocycles. The van der Waals surface area contributed by atoms with Crippen LogP contribution in [0, 0.1) is 0 Å². The molecule has 1 saturated heterocycles. The van der Waals surface area contributed by atoms with Crippen LogP contribution in [0.25, 0.3) is 0 Å². The van der Waals surface area contributed by atoms with Gasteiger partial charge in [0.15, 0.2) is 11.5 Å². The van der Waals surface area contributed by atoms with Crippen LogP contribution >= 0.6 is 0 Å². The normalized spacial score (nSPS) is 14.4. The van der Waals surface area contributed by atoms with Gasteiger partial charge in [-0.1, -0.05) is 6.07 Å². The second-order valence-electron chi connectivity index (χ2n) is 6.97. The largest absolute Gasteiger partial charge is 0.493 e. The molecule has 1 fully saturated rings. The summed E-state index contributed by atoms with van der Waals surface area (Å²) in [5.41, 5.74) is 2.64. The quantitative estimate of drug-likeness (QED) is 0.716. The fraction of sp³-hybridized carbons (Fsp3) is 0.364. The zero-order valence-corrected chi connectivity index (χ0v) is 17.0. The van der Waals surface area contributed by atoms with E-state index >= 15 is 0 Å². The summed E-state index contributed by atoms with van der Waals surface area (Å²) < 4.78 is 10.5. The zero-order valence-electron chi connectivity index (χ0n) is 17.0. The van der Waals surface area contributed by atoms with E-state index < -0.39 is 6.04 Å². The van der Waals surface area contributed by atoms with Crippen LogP contribution in [0.5, 0.6) is 11.5 Å². The highest BCUT2D eigenvalue weighted by Gasteiger charge is 2.21. The van der Waals surface area contributed by atoms with Gasteiger partial charge in [0.05, 0.1) is 14.2 Å². The molecule has 0 bridgehead atoms. The smallest absolute Gasteiger partial charge is 0.242 e. The summed E-state index contributed by atoms with van der Waals surface area (Å²) in [5, 5.41) is 6.11. The number of carbonyl (C=O) groups is 2. The minimum absolute atomic E-state index is 0.112. The number of carbonyl (C=O) groups excluding carboxylic acids is 2. The van der Waals surface area contributed by atoms with Crippen molar-refractivity contribution in [1.82, 2.24) is 5.32 Å². The Balaban J connectivity index is 1.53. The van der Waals surface area contributed by atoms with E-state index in [0.29, 0.717) is 24.5 Å². The third-order valence-corrected chi connectivity index (χ3v) is 4.94. The number of ether oxygens (including phenoxy) is 2. The van der Waals surface area contributed by atoms with Gasteiger partial charge in [0.2, 0.25) is 11.8 Å². The predicted molar refractivity (Wildman–Crippen MR) is 113 cm³/mol. The lowest BCUT2D eigenvalue weighted by Crippen LogP contribution is -2.37. The van der Waals surface area contributed by atoms with E-state index in [4.69, 9.17) is 9.47 Å². The number of hydrogen-bond donors (Lipinski definition) is 2. The van der Waals surface area contributed by atoms with Gasteiger partial charge in [-0.25, -0.2) is 0 Å². The molecule has 1 atom stereocenters. The Morgan fingerprint density at radius 1 is 1.10 bits per heavy atom. The van der Waals surface area contributed by atoms with Crippen LogP contribution in [-0.2, 0) is 16.1 Å². The van der Waals surface area contributed by atoms with Crippen molar-refractivity contribution < 1.29 is 19.1 Å². The van der Waals surface area contributed by atoms with Crippen LogP contribution in [-0.4, -0.2) is 38.6 Å². The van der Waals surface area contributed by atoms with E-state index in [1.165, 1.54) is 0 Å². The molecule has 0 aromatic heterocycles. The molecule has 1 heterocycles. The standard InChI is InChI=1S/C22H27N3O4/c1-15(22(27)23-14-16-6-11-19(28-2)20(13-16)29-3)24-17-7-9-18(10-8-17)25-12-4-5-21(25)26/h6-11,13,15,24H,4-5,12,14H2,1-3H3,(H,23,27)/t15-/m0/s1.